The highest BCUT2D eigenvalue weighted by molar-refractivity contribution is 9.10. The second-order valence-corrected chi connectivity index (χ2v) is 7.85. The van der Waals surface area contributed by atoms with Crippen LogP contribution in [-0.2, 0) is 47.7 Å². The molecule has 0 bridgehead atoms. The quantitative estimate of drug-likeness (QED) is 0.147. The lowest BCUT2D eigenvalue weighted by molar-refractivity contribution is -0.193. The maximum atomic E-state index is 11.9. The molecule has 0 N–H and O–H groups in total. The molecule has 0 amide bonds. The van der Waals surface area contributed by atoms with E-state index in [9.17, 15) is 24.0 Å². The summed E-state index contributed by atoms with van der Waals surface area (Å²) in [6, 6.07) is 0. The summed E-state index contributed by atoms with van der Waals surface area (Å²) in [6.07, 6.45) is -4.18. The number of carbonyl (C=O) groups is 5. The highest BCUT2D eigenvalue weighted by atomic mass is 79.9. The van der Waals surface area contributed by atoms with Crippen LogP contribution in [0.25, 0.3) is 0 Å². The van der Waals surface area contributed by atoms with Crippen molar-refractivity contribution in [1.29, 1.82) is 0 Å². The molecule has 2 atom stereocenters. The molecular weight excluding hydrogens is 740 g/mol. The normalized spacial score (nSPS) is 13.4. The Morgan fingerprint density at radius 3 is 1.10 bits per heavy atom. The summed E-state index contributed by atoms with van der Waals surface area (Å²) in [5.41, 5.74) is 0. The average molecular weight is 757 g/mol. The summed E-state index contributed by atoms with van der Waals surface area (Å²) >= 11 is 14.6. The molecule has 0 rings (SSSR count). The van der Waals surface area contributed by atoms with Gasteiger partial charge >= 0.3 is 29.8 Å². The summed E-state index contributed by atoms with van der Waals surface area (Å²) < 4.78 is 25.6. The Kier molecular flexibility index (Phi) is 17.2. The molecule has 0 aliphatic carbocycles. The van der Waals surface area contributed by atoms with Crippen LogP contribution in [0.2, 0.25) is 0 Å². The van der Waals surface area contributed by atoms with E-state index in [0.717, 1.165) is 0 Å². The van der Waals surface area contributed by atoms with Crippen LogP contribution in [0.15, 0.2) is 0 Å². The van der Waals surface area contributed by atoms with Crippen molar-refractivity contribution in [3.05, 3.63) is 0 Å². The van der Waals surface area contributed by atoms with Crippen LogP contribution in [0, 0.1) is 0 Å². The third-order valence-electron chi connectivity index (χ3n) is 2.93. The minimum atomic E-state index is -1.45. The summed E-state index contributed by atoms with van der Waals surface area (Å²) in [5.74, 6) is -3.69. The van der Waals surface area contributed by atoms with Crippen LogP contribution in [0.4, 0.5) is 0 Å². The van der Waals surface area contributed by atoms with Gasteiger partial charge in [0.05, 0.1) is 0 Å². The zero-order valence-corrected chi connectivity index (χ0v) is 23.1. The standard InChI is InChI=1S/C15H17Br5O10/c16-1-10(21)26-6-8(28-12(23)3-18)15(30-14(25)5-20)9(29-13(24)4-19)7-27-11(22)2-17/h8-9,15H,1-7H2. The van der Waals surface area contributed by atoms with Crippen molar-refractivity contribution in [2.45, 2.75) is 18.3 Å². The first kappa shape index (κ1) is 29.8. The number of hydrogen-bond donors (Lipinski definition) is 0. The van der Waals surface area contributed by atoms with Crippen LogP contribution in [0.5, 0.6) is 0 Å². The molecule has 30 heavy (non-hydrogen) atoms. The molecule has 0 spiro atoms. The topological polar surface area (TPSA) is 132 Å². The molecule has 0 aromatic heterocycles. The second-order valence-electron chi connectivity index (χ2n) is 5.05. The summed E-state index contributed by atoms with van der Waals surface area (Å²) in [4.78, 5) is 58.6. The number of alkyl halides is 5. The number of esters is 5. The molecule has 0 aromatic carbocycles. The Bertz CT molecular complexity index is 560. The third-order valence-corrected chi connectivity index (χ3v) is 5.22. The van der Waals surface area contributed by atoms with Gasteiger partial charge in [0.15, 0.2) is 18.3 Å². The van der Waals surface area contributed by atoms with Gasteiger partial charge in [-0.05, 0) is 0 Å². The molecule has 0 aliphatic heterocycles. The molecule has 0 radical (unpaired) electrons. The first-order valence-electron chi connectivity index (χ1n) is 7.91. The van der Waals surface area contributed by atoms with E-state index in [0.29, 0.717) is 0 Å². The zero-order chi connectivity index (χ0) is 23.1. The molecule has 0 heterocycles. The van der Waals surface area contributed by atoms with Gasteiger partial charge in [-0.25, -0.2) is 0 Å². The van der Waals surface area contributed by atoms with Crippen molar-refractivity contribution in [2.24, 2.45) is 0 Å². The van der Waals surface area contributed by atoms with Crippen molar-refractivity contribution in [1.82, 2.24) is 0 Å². The van der Waals surface area contributed by atoms with E-state index >= 15 is 0 Å². The van der Waals surface area contributed by atoms with E-state index in [1.807, 2.05) is 0 Å². The fourth-order valence-corrected chi connectivity index (χ4v) is 2.51. The first-order valence-corrected chi connectivity index (χ1v) is 13.5. The van der Waals surface area contributed by atoms with Gasteiger partial charge in [0.25, 0.3) is 0 Å². The highest BCUT2D eigenvalue weighted by Gasteiger charge is 2.39. The van der Waals surface area contributed by atoms with Crippen LogP contribution in [-0.4, -0.2) is 88.0 Å². The molecule has 15 heteroatoms. The van der Waals surface area contributed by atoms with Gasteiger partial charge in [0, 0.05) is 0 Å². The van der Waals surface area contributed by atoms with E-state index < -0.39 is 61.4 Å². The van der Waals surface area contributed by atoms with E-state index in [-0.39, 0.29) is 26.7 Å². The summed E-state index contributed by atoms with van der Waals surface area (Å²) in [5, 5.41) is -0.922. The smallest absolute Gasteiger partial charge is 0.317 e. The average Bonchev–Trinajstić information content (AvgIpc) is 2.76. The van der Waals surface area contributed by atoms with E-state index in [1.54, 1.807) is 0 Å². The molecule has 0 saturated heterocycles. The van der Waals surface area contributed by atoms with Crippen LogP contribution < -0.4 is 0 Å². The van der Waals surface area contributed by atoms with Crippen LogP contribution in [0.3, 0.4) is 0 Å². The second kappa shape index (κ2) is 17.3. The van der Waals surface area contributed by atoms with Crippen molar-refractivity contribution in [2.75, 3.05) is 39.9 Å². The number of halogens is 5. The van der Waals surface area contributed by atoms with Gasteiger partial charge in [0.1, 0.15) is 39.9 Å². The Morgan fingerprint density at radius 1 is 0.500 bits per heavy atom. The molecule has 0 fully saturated rings. The third kappa shape index (κ3) is 12.6. The predicted molar refractivity (Wildman–Crippen MR) is 121 cm³/mol. The molecule has 2 unspecified atom stereocenters. The lowest BCUT2D eigenvalue weighted by Crippen LogP contribution is -2.50. The number of rotatable bonds is 14. The van der Waals surface area contributed by atoms with Gasteiger partial charge in [-0.3, -0.25) is 24.0 Å². The largest absolute Gasteiger partial charge is 0.461 e. The van der Waals surface area contributed by atoms with E-state index in [1.165, 1.54) is 0 Å². The Labute approximate surface area is 214 Å². The van der Waals surface area contributed by atoms with Gasteiger partial charge in [0.2, 0.25) is 0 Å². The summed E-state index contributed by atoms with van der Waals surface area (Å²) in [6.45, 7) is -1.03. The molecule has 10 nitrogen and oxygen atoms in total. The van der Waals surface area contributed by atoms with Gasteiger partial charge in [-0.1, -0.05) is 79.6 Å². The maximum Gasteiger partial charge on any atom is 0.317 e. The van der Waals surface area contributed by atoms with Gasteiger partial charge in [-0.2, -0.15) is 0 Å². The monoisotopic (exact) mass is 752 g/mol. The minimum Gasteiger partial charge on any atom is -0.461 e. The highest BCUT2D eigenvalue weighted by Crippen LogP contribution is 2.17. The SMILES string of the molecule is O=C(CBr)OCC(OC(=O)CBr)C(OC(=O)CBr)C(COC(=O)CBr)OC(=O)CBr. The first-order chi connectivity index (χ1) is 14.2. The Morgan fingerprint density at radius 2 is 0.800 bits per heavy atom. The zero-order valence-electron chi connectivity index (χ0n) is 15.2. The fourth-order valence-electron chi connectivity index (χ4n) is 1.79. The molecular formula is C15H17Br5O10. The summed E-state index contributed by atoms with van der Waals surface area (Å²) in [7, 11) is 0. The van der Waals surface area contributed by atoms with E-state index in [2.05, 4.69) is 79.6 Å². The number of hydrogen-bond acceptors (Lipinski definition) is 10. The van der Waals surface area contributed by atoms with Crippen molar-refractivity contribution in [3.63, 3.8) is 0 Å². The van der Waals surface area contributed by atoms with Gasteiger partial charge < -0.3 is 23.7 Å². The molecule has 0 aliphatic rings. The van der Waals surface area contributed by atoms with Crippen molar-refractivity contribution < 1.29 is 47.7 Å². The molecule has 172 valence electrons. The van der Waals surface area contributed by atoms with Crippen molar-refractivity contribution in [3.8, 4) is 0 Å². The number of ether oxygens (including phenoxy) is 5. The lowest BCUT2D eigenvalue weighted by atomic mass is 10.1. The van der Waals surface area contributed by atoms with Gasteiger partial charge in [-0.15, -0.1) is 0 Å². The lowest BCUT2D eigenvalue weighted by Gasteiger charge is -2.31. The van der Waals surface area contributed by atoms with Crippen LogP contribution in [0.1, 0.15) is 0 Å². The molecule has 0 saturated carbocycles. The Balaban J connectivity index is 5.89. The van der Waals surface area contributed by atoms with E-state index in [4.69, 9.17) is 23.7 Å². The minimum absolute atomic E-state index is 0.136. The molecule has 0 aromatic rings. The maximum absolute atomic E-state index is 11.9. The van der Waals surface area contributed by atoms with Crippen LogP contribution >= 0.6 is 79.6 Å². The van der Waals surface area contributed by atoms with Crippen molar-refractivity contribution >= 4 is 109 Å². The number of carbonyl (C=O) groups excluding carboxylic acids is 5. The Hall–Kier alpha value is -0.250. The fraction of sp³-hybridized carbons (Fsp3) is 0.667. The predicted octanol–water partition coefficient (Wildman–Crippen LogP) is 1.78.